The quantitative estimate of drug-likeness (QED) is 0.575. The first-order valence-corrected chi connectivity index (χ1v) is 11.3. The van der Waals surface area contributed by atoms with Gasteiger partial charge in [-0.1, -0.05) is 72.3 Å². The van der Waals surface area contributed by atoms with Gasteiger partial charge in [0.1, 0.15) is 6.04 Å². The van der Waals surface area contributed by atoms with E-state index in [0.717, 1.165) is 11.1 Å². The van der Waals surface area contributed by atoms with Crippen molar-refractivity contribution in [2.24, 2.45) is 0 Å². The van der Waals surface area contributed by atoms with Gasteiger partial charge in [0.25, 0.3) is 0 Å². The molecule has 30 heavy (non-hydrogen) atoms. The van der Waals surface area contributed by atoms with Crippen LogP contribution in [0.1, 0.15) is 11.1 Å². The van der Waals surface area contributed by atoms with Gasteiger partial charge in [0, 0.05) is 18.6 Å². The molecule has 1 amide bonds. The van der Waals surface area contributed by atoms with Crippen LogP contribution < -0.4 is 4.72 Å². The smallest absolute Gasteiger partial charge is 0.241 e. The minimum absolute atomic E-state index is 0.0588. The largest absolute Gasteiger partial charge is 0.340 e. The molecule has 0 spiro atoms. The zero-order chi connectivity index (χ0) is 21.6. The SMILES string of the molecule is CN(Cc1ccccc1)C(=O)C(Cc1ccccc1)NS(=O)(=O)c1ccc(Cl)cc1. The molecule has 0 aromatic heterocycles. The van der Waals surface area contributed by atoms with Crippen LogP contribution in [-0.4, -0.2) is 32.3 Å². The van der Waals surface area contributed by atoms with Crippen LogP contribution in [0.2, 0.25) is 5.02 Å². The number of benzene rings is 3. The number of likely N-dealkylation sites (N-methyl/N-ethyl adjacent to an activating group) is 1. The maximum atomic E-state index is 13.2. The Hall–Kier alpha value is -2.67. The van der Waals surface area contributed by atoms with E-state index < -0.39 is 16.1 Å². The Balaban J connectivity index is 1.84. The molecule has 3 rings (SSSR count). The summed E-state index contributed by atoms with van der Waals surface area (Å²) in [5.74, 6) is -0.305. The molecule has 0 aliphatic heterocycles. The van der Waals surface area contributed by atoms with Gasteiger partial charge in [-0.3, -0.25) is 4.79 Å². The van der Waals surface area contributed by atoms with E-state index in [2.05, 4.69) is 4.72 Å². The maximum absolute atomic E-state index is 13.2. The molecule has 0 bridgehead atoms. The maximum Gasteiger partial charge on any atom is 0.241 e. The van der Waals surface area contributed by atoms with Crippen molar-refractivity contribution in [1.82, 2.24) is 9.62 Å². The van der Waals surface area contributed by atoms with E-state index in [1.807, 2.05) is 60.7 Å². The molecule has 5 nitrogen and oxygen atoms in total. The van der Waals surface area contributed by atoms with E-state index in [9.17, 15) is 13.2 Å². The highest BCUT2D eigenvalue weighted by molar-refractivity contribution is 7.89. The van der Waals surface area contributed by atoms with Crippen molar-refractivity contribution in [3.05, 3.63) is 101 Å². The second-order valence-electron chi connectivity index (χ2n) is 7.00. The molecule has 1 unspecified atom stereocenters. The third kappa shape index (κ3) is 5.92. The van der Waals surface area contributed by atoms with Crippen LogP contribution in [0.25, 0.3) is 0 Å². The van der Waals surface area contributed by atoms with Gasteiger partial charge in [-0.15, -0.1) is 0 Å². The van der Waals surface area contributed by atoms with Gasteiger partial charge in [-0.2, -0.15) is 4.72 Å². The van der Waals surface area contributed by atoms with Crippen molar-refractivity contribution in [3.63, 3.8) is 0 Å². The Kier molecular flexibility index (Phi) is 7.26. The first-order valence-electron chi connectivity index (χ1n) is 9.46. The Bertz CT molecular complexity index is 1070. The number of halogens is 1. The summed E-state index contributed by atoms with van der Waals surface area (Å²) in [5.41, 5.74) is 1.83. The van der Waals surface area contributed by atoms with E-state index >= 15 is 0 Å². The normalized spacial score (nSPS) is 12.3. The average Bonchev–Trinajstić information content (AvgIpc) is 2.74. The fourth-order valence-electron chi connectivity index (χ4n) is 3.10. The number of hydrogen-bond acceptors (Lipinski definition) is 3. The van der Waals surface area contributed by atoms with Crippen molar-refractivity contribution in [2.45, 2.75) is 23.9 Å². The van der Waals surface area contributed by atoms with Gasteiger partial charge in [-0.05, 0) is 41.8 Å². The lowest BCUT2D eigenvalue weighted by Crippen LogP contribution is -2.48. The van der Waals surface area contributed by atoms with Crippen LogP contribution in [0.5, 0.6) is 0 Å². The molecule has 0 aliphatic rings. The Morgan fingerprint density at radius 1 is 0.900 bits per heavy atom. The predicted molar refractivity (Wildman–Crippen MR) is 119 cm³/mol. The molecular formula is C23H23ClN2O3S. The number of nitrogens with one attached hydrogen (secondary N) is 1. The molecule has 1 atom stereocenters. The Morgan fingerprint density at radius 3 is 2.00 bits per heavy atom. The summed E-state index contributed by atoms with van der Waals surface area (Å²) in [6.07, 6.45) is 0.242. The van der Waals surface area contributed by atoms with Gasteiger partial charge >= 0.3 is 0 Å². The highest BCUT2D eigenvalue weighted by atomic mass is 35.5. The molecule has 7 heteroatoms. The van der Waals surface area contributed by atoms with Crippen molar-refractivity contribution in [3.8, 4) is 0 Å². The average molecular weight is 443 g/mol. The summed E-state index contributed by atoms with van der Waals surface area (Å²) in [7, 11) is -2.23. The number of hydrogen-bond donors (Lipinski definition) is 1. The van der Waals surface area contributed by atoms with Gasteiger partial charge in [0.15, 0.2) is 0 Å². The first kappa shape index (κ1) is 22.0. The van der Waals surface area contributed by atoms with Crippen molar-refractivity contribution < 1.29 is 13.2 Å². The topological polar surface area (TPSA) is 66.5 Å². The molecule has 0 heterocycles. The Morgan fingerprint density at radius 2 is 1.43 bits per heavy atom. The lowest BCUT2D eigenvalue weighted by Gasteiger charge is -2.25. The highest BCUT2D eigenvalue weighted by Crippen LogP contribution is 2.16. The van der Waals surface area contributed by atoms with Crippen molar-refractivity contribution in [2.75, 3.05) is 7.05 Å². The van der Waals surface area contributed by atoms with Crippen LogP contribution in [-0.2, 0) is 27.8 Å². The number of carbonyl (C=O) groups excluding carboxylic acids is 1. The Labute approximate surface area is 182 Å². The molecular weight excluding hydrogens is 420 g/mol. The van der Waals surface area contributed by atoms with Crippen LogP contribution >= 0.6 is 11.6 Å². The van der Waals surface area contributed by atoms with E-state index in [0.29, 0.717) is 11.6 Å². The van der Waals surface area contributed by atoms with Gasteiger partial charge in [0.05, 0.1) is 4.90 Å². The van der Waals surface area contributed by atoms with E-state index in [1.54, 1.807) is 7.05 Å². The molecule has 156 valence electrons. The van der Waals surface area contributed by atoms with Crippen LogP contribution in [0.3, 0.4) is 0 Å². The summed E-state index contributed by atoms with van der Waals surface area (Å²) < 4.78 is 28.4. The molecule has 0 fully saturated rings. The fourth-order valence-corrected chi connectivity index (χ4v) is 4.41. The van der Waals surface area contributed by atoms with E-state index in [4.69, 9.17) is 11.6 Å². The zero-order valence-corrected chi connectivity index (χ0v) is 18.1. The molecule has 0 radical (unpaired) electrons. The second-order valence-corrected chi connectivity index (χ2v) is 9.15. The van der Waals surface area contributed by atoms with Crippen molar-refractivity contribution >= 4 is 27.5 Å². The standard InChI is InChI=1S/C23H23ClN2O3S/c1-26(17-19-10-6-3-7-11-19)23(27)22(16-18-8-4-2-5-9-18)25-30(28,29)21-14-12-20(24)13-15-21/h2-15,22,25H,16-17H2,1H3. The molecule has 3 aromatic rings. The molecule has 1 N–H and O–H groups in total. The molecule has 0 aliphatic carbocycles. The summed E-state index contributed by atoms with van der Waals surface area (Å²) in [6, 6.07) is 23.8. The van der Waals surface area contributed by atoms with Gasteiger partial charge < -0.3 is 4.90 Å². The lowest BCUT2D eigenvalue weighted by molar-refractivity contribution is -0.132. The van der Waals surface area contributed by atoms with Crippen LogP contribution in [0.4, 0.5) is 0 Å². The zero-order valence-electron chi connectivity index (χ0n) is 16.5. The van der Waals surface area contributed by atoms with E-state index in [1.165, 1.54) is 29.2 Å². The summed E-state index contributed by atoms with van der Waals surface area (Å²) in [6.45, 7) is 0.383. The third-order valence-corrected chi connectivity index (χ3v) is 6.38. The summed E-state index contributed by atoms with van der Waals surface area (Å²) >= 11 is 5.87. The van der Waals surface area contributed by atoms with Crippen LogP contribution in [0, 0.1) is 0 Å². The first-order chi connectivity index (χ1) is 14.3. The van der Waals surface area contributed by atoms with Gasteiger partial charge in [0.2, 0.25) is 15.9 Å². The highest BCUT2D eigenvalue weighted by Gasteiger charge is 2.28. The molecule has 0 saturated heterocycles. The fraction of sp³-hybridized carbons (Fsp3) is 0.174. The minimum atomic E-state index is -3.90. The number of carbonyl (C=O) groups is 1. The summed E-state index contributed by atoms with van der Waals surface area (Å²) in [4.78, 5) is 14.8. The van der Waals surface area contributed by atoms with Gasteiger partial charge in [-0.25, -0.2) is 8.42 Å². The molecule has 0 saturated carbocycles. The summed E-state index contributed by atoms with van der Waals surface area (Å²) in [5, 5.41) is 0.438. The van der Waals surface area contributed by atoms with Crippen LogP contribution in [0.15, 0.2) is 89.8 Å². The minimum Gasteiger partial charge on any atom is -0.340 e. The second kappa shape index (κ2) is 9.89. The lowest BCUT2D eigenvalue weighted by atomic mass is 10.1. The number of sulfonamides is 1. The monoisotopic (exact) mass is 442 g/mol. The number of rotatable bonds is 8. The van der Waals surface area contributed by atoms with Crippen molar-refractivity contribution in [1.29, 1.82) is 0 Å². The third-order valence-electron chi connectivity index (χ3n) is 4.64. The van der Waals surface area contributed by atoms with E-state index in [-0.39, 0.29) is 17.2 Å². The predicted octanol–water partition coefficient (Wildman–Crippen LogP) is 3.89. The number of amides is 1. The molecule has 3 aromatic carbocycles. The number of nitrogens with zero attached hydrogens (tertiary/aromatic N) is 1.